The largest absolute Gasteiger partial charge is 0.497 e. The van der Waals surface area contributed by atoms with Gasteiger partial charge in [-0.15, -0.1) is 11.3 Å². The van der Waals surface area contributed by atoms with Gasteiger partial charge < -0.3 is 23.7 Å². The summed E-state index contributed by atoms with van der Waals surface area (Å²) in [5.74, 6) is 0.612. The van der Waals surface area contributed by atoms with Crippen LogP contribution in [-0.4, -0.2) is 62.1 Å². The van der Waals surface area contributed by atoms with Crippen molar-refractivity contribution >= 4 is 23.2 Å². The van der Waals surface area contributed by atoms with E-state index in [2.05, 4.69) is 11.4 Å². The maximum Gasteiger partial charge on any atom is 0.290 e. The zero-order valence-electron chi connectivity index (χ0n) is 18.9. The van der Waals surface area contributed by atoms with Crippen molar-refractivity contribution < 1.29 is 23.5 Å². The van der Waals surface area contributed by atoms with Crippen molar-refractivity contribution in [3.63, 3.8) is 0 Å². The topological polar surface area (TPSA) is 72.2 Å². The molecule has 0 bridgehead atoms. The van der Waals surface area contributed by atoms with E-state index in [0.29, 0.717) is 26.1 Å². The Labute approximate surface area is 197 Å². The lowest BCUT2D eigenvalue weighted by molar-refractivity contribution is -0.134. The minimum Gasteiger partial charge on any atom is -0.497 e. The minimum atomic E-state index is -0.293. The molecule has 0 fully saturated rings. The lowest BCUT2D eigenvalue weighted by Gasteiger charge is -2.37. The van der Waals surface area contributed by atoms with Gasteiger partial charge >= 0.3 is 0 Å². The normalized spacial score (nSPS) is 15.2. The van der Waals surface area contributed by atoms with Crippen molar-refractivity contribution in [2.75, 3.05) is 40.5 Å². The summed E-state index contributed by atoms with van der Waals surface area (Å²) in [6.07, 6.45) is 2.90. The Bertz CT molecular complexity index is 1060. The number of hydrogen-bond donors (Lipinski definition) is 0. The van der Waals surface area contributed by atoms with Gasteiger partial charge in [-0.25, -0.2) is 0 Å². The quantitative estimate of drug-likeness (QED) is 0.444. The van der Waals surface area contributed by atoms with Gasteiger partial charge in [-0.2, -0.15) is 0 Å². The Kier molecular flexibility index (Phi) is 7.47. The molecule has 8 heteroatoms. The van der Waals surface area contributed by atoms with Gasteiger partial charge in [0.2, 0.25) is 5.91 Å². The third-order valence-corrected chi connectivity index (χ3v) is 6.84. The average molecular weight is 469 g/mol. The Morgan fingerprint density at radius 3 is 2.70 bits per heavy atom. The van der Waals surface area contributed by atoms with E-state index in [1.165, 1.54) is 11.1 Å². The molecule has 1 aliphatic heterocycles. The molecule has 33 heavy (non-hydrogen) atoms. The average Bonchev–Trinajstić information content (AvgIpc) is 3.55. The van der Waals surface area contributed by atoms with Gasteiger partial charge in [-0.1, -0.05) is 12.1 Å². The van der Waals surface area contributed by atoms with Gasteiger partial charge in [0.15, 0.2) is 5.76 Å². The molecule has 0 aliphatic carbocycles. The van der Waals surface area contributed by atoms with Crippen LogP contribution in [0, 0.1) is 0 Å². The monoisotopic (exact) mass is 468 g/mol. The van der Waals surface area contributed by atoms with Gasteiger partial charge in [-0.3, -0.25) is 9.59 Å². The molecule has 2 aromatic heterocycles. The third-order valence-electron chi connectivity index (χ3n) is 5.84. The molecule has 0 spiro atoms. The highest BCUT2D eigenvalue weighted by Gasteiger charge is 2.34. The second-order valence-electron chi connectivity index (χ2n) is 7.86. The standard InChI is InChI=1S/C25H28N2O5S/c1-30-14-4-12-26(25(29)21-5-3-15-32-21)17-23(28)27-13-10-22-20(11-16-33-22)24(27)18-6-8-19(31-2)9-7-18/h3,5-9,11,15-16,24H,4,10,12-14,17H2,1-2H3. The Morgan fingerprint density at radius 1 is 1.18 bits per heavy atom. The fourth-order valence-electron chi connectivity index (χ4n) is 4.19. The van der Waals surface area contributed by atoms with Crippen molar-refractivity contribution in [3.05, 3.63) is 75.9 Å². The fourth-order valence-corrected chi connectivity index (χ4v) is 5.10. The van der Waals surface area contributed by atoms with Crippen LogP contribution in [0.3, 0.4) is 0 Å². The van der Waals surface area contributed by atoms with Crippen LogP contribution in [0.2, 0.25) is 0 Å². The number of carbonyl (C=O) groups excluding carboxylic acids is 2. The Balaban J connectivity index is 1.58. The number of carbonyl (C=O) groups is 2. The molecule has 0 radical (unpaired) electrons. The van der Waals surface area contributed by atoms with Crippen LogP contribution in [0.25, 0.3) is 0 Å². The molecule has 2 amide bonds. The molecule has 3 aromatic rings. The second kappa shape index (κ2) is 10.7. The van der Waals surface area contributed by atoms with E-state index < -0.39 is 0 Å². The van der Waals surface area contributed by atoms with Crippen molar-refractivity contribution in [2.24, 2.45) is 0 Å². The molecular weight excluding hydrogens is 440 g/mol. The number of nitrogens with zero attached hydrogens (tertiary/aromatic N) is 2. The molecule has 0 N–H and O–H groups in total. The van der Waals surface area contributed by atoms with Crippen LogP contribution < -0.4 is 4.74 Å². The summed E-state index contributed by atoms with van der Waals surface area (Å²) in [6, 6.07) is 13.0. The van der Waals surface area contributed by atoms with Crippen molar-refractivity contribution in [3.8, 4) is 5.75 Å². The van der Waals surface area contributed by atoms with E-state index >= 15 is 0 Å². The smallest absolute Gasteiger partial charge is 0.290 e. The highest BCUT2D eigenvalue weighted by atomic mass is 32.1. The van der Waals surface area contributed by atoms with Crippen LogP contribution in [0.1, 0.15) is 39.0 Å². The SMILES string of the molecule is COCCCN(CC(=O)N1CCc2sccc2C1c1ccc(OC)cc1)C(=O)c1ccco1. The molecule has 0 saturated heterocycles. The number of thiophene rings is 1. The fraction of sp³-hybridized carbons (Fsp3) is 0.360. The first-order valence-electron chi connectivity index (χ1n) is 10.9. The van der Waals surface area contributed by atoms with Crippen LogP contribution in [0.4, 0.5) is 0 Å². The maximum atomic E-state index is 13.6. The lowest BCUT2D eigenvalue weighted by atomic mass is 9.93. The first kappa shape index (κ1) is 23.1. The zero-order valence-corrected chi connectivity index (χ0v) is 19.7. The summed E-state index contributed by atoms with van der Waals surface area (Å²) < 4.78 is 15.7. The number of furan rings is 1. The summed E-state index contributed by atoms with van der Waals surface area (Å²) in [5, 5.41) is 2.08. The Hall–Kier alpha value is -3.10. The first-order chi connectivity index (χ1) is 16.1. The van der Waals surface area contributed by atoms with E-state index in [-0.39, 0.29) is 30.2 Å². The molecule has 0 saturated carbocycles. The molecule has 174 valence electrons. The number of rotatable bonds is 9. The van der Waals surface area contributed by atoms with Gasteiger partial charge in [0, 0.05) is 31.7 Å². The third kappa shape index (κ3) is 5.12. The second-order valence-corrected chi connectivity index (χ2v) is 8.86. The summed E-state index contributed by atoms with van der Waals surface area (Å²) in [6.45, 7) is 1.50. The first-order valence-corrected chi connectivity index (χ1v) is 11.8. The van der Waals surface area contributed by atoms with E-state index in [1.807, 2.05) is 29.2 Å². The van der Waals surface area contributed by atoms with Crippen LogP contribution in [0.15, 0.2) is 58.5 Å². The highest BCUT2D eigenvalue weighted by Crippen LogP contribution is 2.38. The van der Waals surface area contributed by atoms with E-state index in [1.54, 1.807) is 42.6 Å². The van der Waals surface area contributed by atoms with Crippen LogP contribution in [0.5, 0.6) is 5.75 Å². The van der Waals surface area contributed by atoms with E-state index in [0.717, 1.165) is 23.3 Å². The van der Waals surface area contributed by atoms with Crippen molar-refractivity contribution in [2.45, 2.75) is 18.9 Å². The minimum absolute atomic E-state index is 0.0185. The Morgan fingerprint density at radius 2 is 2.00 bits per heavy atom. The van der Waals surface area contributed by atoms with E-state index in [4.69, 9.17) is 13.9 Å². The molecule has 4 rings (SSSR count). The lowest BCUT2D eigenvalue weighted by Crippen LogP contribution is -2.47. The summed E-state index contributed by atoms with van der Waals surface area (Å²) in [5.41, 5.74) is 2.17. The summed E-state index contributed by atoms with van der Waals surface area (Å²) >= 11 is 1.72. The molecule has 7 nitrogen and oxygen atoms in total. The number of fused-ring (bicyclic) bond motifs is 1. The van der Waals surface area contributed by atoms with Crippen molar-refractivity contribution in [1.82, 2.24) is 9.80 Å². The summed E-state index contributed by atoms with van der Waals surface area (Å²) in [7, 11) is 3.26. The number of benzene rings is 1. The van der Waals surface area contributed by atoms with Gasteiger partial charge in [0.05, 0.1) is 19.4 Å². The number of ether oxygens (including phenoxy) is 2. The molecule has 1 atom stereocenters. The van der Waals surface area contributed by atoms with Crippen molar-refractivity contribution in [1.29, 1.82) is 0 Å². The number of amides is 2. The molecule has 1 aromatic carbocycles. The number of hydrogen-bond acceptors (Lipinski definition) is 6. The molecule has 3 heterocycles. The van der Waals surface area contributed by atoms with Crippen LogP contribution in [-0.2, 0) is 16.0 Å². The predicted octanol–water partition coefficient (Wildman–Crippen LogP) is 4.00. The number of methoxy groups -OCH3 is 2. The van der Waals surface area contributed by atoms with Gasteiger partial charge in [0.25, 0.3) is 5.91 Å². The molecule has 1 aliphatic rings. The highest BCUT2D eigenvalue weighted by molar-refractivity contribution is 7.10. The maximum absolute atomic E-state index is 13.6. The predicted molar refractivity (Wildman–Crippen MR) is 126 cm³/mol. The zero-order chi connectivity index (χ0) is 23.2. The molecular formula is C25H28N2O5S. The summed E-state index contributed by atoms with van der Waals surface area (Å²) in [4.78, 5) is 31.3. The van der Waals surface area contributed by atoms with Crippen LogP contribution >= 0.6 is 11.3 Å². The van der Waals surface area contributed by atoms with Gasteiger partial charge in [-0.05, 0) is 59.7 Å². The van der Waals surface area contributed by atoms with Gasteiger partial charge in [0.1, 0.15) is 12.3 Å². The molecule has 1 unspecified atom stereocenters. The van der Waals surface area contributed by atoms with E-state index in [9.17, 15) is 9.59 Å².